The number of ether oxygens (including phenoxy) is 2. The summed E-state index contributed by atoms with van der Waals surface area (Å²) < 4.78 is 9.64. The van der Waals surface area contributed by atoms with Gasteiger partial charge in [0, 0.05) is 0 Å². The van der Waals surface area contributed by atoms with Gasteiger partial charge in [0.15, 0.2) is 5.82 Å². The maximum Gasteiger partial charge on any atom is 0.412 e. The molecule has 0 aliphatic carbocycles. The average molecular weight is 319 g/mol. The summed E-state index contributed by atoms with van der Waals surface area (Å²) in [5.74, 6) is 0.428. The fraction of sp³-hybridized carbons (Fsp3) is 0.286. The van der Waals surface area contributed by atoms with Crippen molar-refractivity contribution >= 4 is 23.5 Å². The molecule has 0 radical (unpaired) electrons. The number of anilines is 2. The van der Waals surface area contributed by atoms with E-state index >= 15 is 0 Å². The second-order valence-electron chi connectivity index (χ2n) is 4.63. The van der Waals surface area contributed by atoms with E-state index in [-0.39, 0.29) is 18.3 Å². The van der Waals surface area contributed by atoms with Crippen LogP contribution in [-0.2, 0) is 16.1 Å². The molecule has 23 heavy (non-hydrogen) atoms. The van der Waals surface area contributed by atoms with Crippen LogP contribution in [0, 0.1) is 6.92 Å². The summed E-state index contributed by atoms with van der Waals surface area (Å²) in [6, 6.07) is 5.46. The largest absolute Gasteiger partial charge is 0.495 e. The first-order valence-electron chi connectivity index (χ1n) is 6.71. The molecule has 0 saturated heterocycles. The highest BCUT2D eigenvalue weighted by Gasteiger charge is 2.11. The maximum atomic E-state index is 12.1. The van der Waals surface area contributed by atoms with Crippen molar-refractivity contribution in [1.29, 1.82) is 0 Å². The van der Waals surface area contributed by atoms with E-state index in [1.807, 2.05) is 13.0 Å². The highest BCUT2D eigenvalue weighted by molar-refractivity contribution is 5.92. The second kappa shape index (κ2) is 7.25. The molecule has 122 valence electrons. The number of aryl methyl sites for hydroxylation is 1. The van der Waals surface area contributed by atoms with Crippen LogP contribution in [-0.4, -0.2) is 41.2 Å². The van der Waals surface area contributed by atoms with Gasteiger partial charge in [0.25, 0.3) is 0 Å². The summed E-state index contributed by atoms with van der Waals surface area (Å²) >= 11 is 0. The van der Waals surface area contributed by atoms with Crippen molar-refractivity contribution in [2.45, 2.75) is 13.5 Å². The number of hydrogen-bond donors (Lipinski definition) is 2. The minimum absolute atomic E-state index is 0.111. The normalized spacial score (nSPS) is 10.0. The first-order chi connectivity index (χ1) is 11.0. The van der Waals surface area contributed by atoms with Gasteiger partial charge in [-0.1, -0.05) is 6.07 Å². The summed E-state index contributed by atoms with van der Waals surface area (Å²) in [4.78, 5) is 24.3. The van der Waals surface area contributed by atoms with Crippen LogP contribution in [0.1, 0.15) is 5.56 Å². The zero-order valence-electron chi connectivity index (χ0n) is 13.0. The minimum Gasteiger partial charge on any atom is -0.495 e. The van der Waals surface area contributed by atoms with Crippen molar-refractivity contribution in [1.82, 2.24) is 15.0 Å². The predicted molar refractivity (Wildman–Crippen MR) is 82.4 cm³/mol. The molecule has 1 aromatic heterocycles. The molecule has 0 aliphatic rings. The molecule has 0 unspecified atom stereocenters. The van der Waals surface area contributed by atoms with E-state index in [0.29, 0.717) is 11.4 Å². The quantitative estimate of drug-likeness (QED) is 0.863. The van der Waals surface area contributed by atoms with Crippen molar-refractivity contribution < 1.29 is 19.1 Å². The third kappa shape index (κ3) is 4.43. The number of hydrogen-bond acceptors (Lipinski definition) is 6. The zero-order valence-corrected chi connectivity index (χ0v) is 13.0. The van der Waals surface area contributed by atoms with Gasteiger partial charge in [0.1, 0.15) is 12.3 Å². The van der Waals surface area contributed by atoms with Gasteiger partial charge >= 0.3 is 6.09 Å². The molecule has 1 aromatic carbocycles. The Labute approximate surface area is 132 Å². The van der Waals surface area contributed by atoms with Gasteiger partial charge in [-0.3, -0.25) is 10.1 Å². The first-order valence-corrected chi connectivity index (χ1v) is 6.71. The lowest BCUT2D eigenvalue weighted by Gasteiger charge is -2.10. The Balaban J connectivity index is 2.00. The lowest BCUT2D eigenvalue weighted by Crippen LogP contribution is -2.21. The Bertz CT molecular complexity index is 713. The van der Waals surface area contributed by atoms with E-state index in [2.05, 4.69) is 25.6 Å². The fourth-order valence-corrected chi connectivity index (χ4v) is 1.82. The number of aromatic nitrogens is 3. The van der Waals surface area contributed by atoms with Crippen LogP contribution >= 0.6 is 0 Å². The molecule has 2 aromatic rings. The first kappa shape index (κ1) is 16.3. The Morgan fingerprint density at radius 1 is 1.26 bits per heavy atom. The molecule has 0 saturated carbocycles. The van der Waals surface area contributed by atoms with Crippen LogP contribution in [0.25, 0.3) is 0 Å². The number of carbonyl (C=O) groups is 2. The average Bonchev–Trinajstić information content (AvgIpc) is 2.94. The van der Waals surface area contributed by atoms with Crippen LogP contribution < -0.4 is 15.4 Å². The molecule has 0 spiro atoms. The molecule has 1 heterocycles. The van der Waals surface area contributed by atoms with Crippen LogP contribution in [0.4, 0.5) is 16.3 Å². The Morgan fingerprint density at radius 2 is 2.04 bits per heavy atom. The standard InChI is InChI=1S/C14H17N5O4/c1-9-4-5-11(22-2)10(6-9)16-13(20)8-19-15-7-12(18-19)17-14(21)23-3/h4-7H,8H2,1-3H3,(H,16,20)(H,17,18,21). The Morgan fingerprint density at radius 3 is 2.74 bits per heavy atom. The minimum atomic E-state index is -0.661. The van der Waals surface area contributed by atoms with E-state index in [9.17, 15) is 9.59 Å². The topological polar surface area (TPSA) is 107 Å². The lowest BCUT2D eigenvalue weighted by molar-refractivity contribution is -0.117. The molecule has 2 amide bonds. The lowest BCUT2D eigenvalue weighted by atomic mass is 10.2. The van der Waals surface area contributed by atoms with Crippen molar-refractivity contribution in [3.8, 4) is 5.75 Å². The third-order valence-corrected chi connectivity index (χ3v) is 2.87. The van der Waals surface area contributed by atoms with E-state index in [1.54, 1.807) is 12.1 Å². The van der Waals surface area contributed by atoms with E-state index in [0.717, 1.165) is 10.4 Å². The molecular weight excluding hydrogens is 302 g/mol. The molecule has 0 bridgehead atoms. The van der Waals surface area contributed by atoms with Crippen molar-refractivity contribution in [2.75, 3.05) is 24.9 Å². The molecule has 0 atom stereocenters. The number of nitrogens with one attached hydrogen (secondary N) is 2. The highest BCUT2D eigenvalue weighted by Crippen LogP contribution is 2.25. The van der Waals surface area contributed by atoms with Gasteiger partial charge in [0.05, 0.1) is 26.1 Å². The van der Waals surface area contributed by atoms with Gasteiger partial charge in [-0.2, -0.15) is 9.90 Å². The van der Waals surface area contributed by atoms with Crippen molar-refractivity contribution in [2.24, 2.45) is 0 Å². The SMILES string of the molecule is COC(=O)Nc1cnn(CC(=O)Nc2cc(C)ccc2OC)n1. The summed E-state index contributed by atoms with van der Waals surface area (Å²) in [7, 11) is 2.77. The molecule has 2 N–H and O–H groups in total. The Hall–Kier alpha value is -3.10. The molecule has 9 heteroatoms. The number of amides is 2. The molecule has 0 fully saturated rings. The summed E-state index contributed by atoms with van der Waals surface area (Å²) in [5.41, 5.74) is 1.56. The maximum absolute atomic E-state index is 12.1. The predicted octanol–water partition coefficient (Wildman–Crippen LogP) is 1.41. The Kier molecular flexibility index (Phi) is 5.13. The van der Waals surface area contributed by atoms with Crippen LogP contribution in [0.15, 0.2) is 24.4 Å². The molecule has 0 aliphatic heterocycles. The van der Waals surface area contributed by atoms with Gasteiger partial charge in [-0.15, -0.1) is 5.10 Å². The van der Waals surface area contributed by atoms with Crippen molar-refractivity contribution in [3.05, 3.63) is 30.0 Å². The second-order valence-corrected chi connectivity index (χ2v) is 4.63. The number of carbonyl (C=O) groups excluding carboxylic acids is 2. The van der Waals surface area contributed by atoms with Gasteiger partial charge < -0.3 is 14.8 Å². The summed E-state index contributed by atoms with van der Waals surface area (Å²) in [5, 5.41) is 12.9. The van der Waals surface area contributed by atoms with E-state index < -0.39 is 6.09 Å². The fourth-order valence-electron chi connectivity index (χ4n) is 1.82. The van der Waals surface area contributed by atoms with Crippen molar-refractivity contribution in [3.63, 3.8) is 0 Å². The number of methoxy groups -OCH3 is 2. The van der Waals surface area contributed by atoms with Gasteiger partial charge in [-0.25, -0.2) is 4.79 Å². The molecule has 2 rings (SSSR count). The molecular formula is C14H17N5O4. The number of benzene rings is 1. The monoisotopic (exact) mass is 319 g/mol. The zero-order chi connectivity index (χ0) is 16.8. The van der Waals surface area contributed by atoms with Gasteiger partial charge in [-0.05, 0) is 24.6 Å². The van der Waals surface area contributed by atoms with Crippen LogP contribution in [0.2, 0.25) is 0 Å². The summed E-state index contributed by atoms with van der Waals surface area (Å²) in [6.45, 7) is 1.80. The smallest absolute Gasteiger partial charge is 0.412 e. The van der Waals surface area contributed by atoms with Crippen LogP contribution in [0.5, 0.6) is 5.75 Å². The highest BCUT2D eigenvalue weighted by atomic mass is 16.5. The third-order valence-electron chi connectivity index (χ3n) is 2.87. The number of nitrogens with zero attached hydrogens (tertiary/aromatic N) is 3. The van der Waals surface area contributed by atoms with E-state index in [1.165, 1.54) is 20.4 Å². The summed E-state index contributed by atoms with van der Waals surface area (Å²) in [6.07, 6.45) is 0.656. The van der Waals surface area contributed by atoms with Gasteiger partial charge in [0.2, 0.25) is 5.91 Å². The molecule has 9 nitrogen and oxygen atoms in total. The van der Waals surface area contributed by atoms with E-state index in [4.69, 9.17) is 4.74 Å². The van der Waals surface area contributed by atoms with Crippen LogP contribution in [0.3, 0.4) is 0 Å². The number of rotatable bonds is 5.